The molecule has 1 aliphatic rings. The van der Waals surface area contributed by atoms with Crippen LogP contribution in [0.25, 0.3) is 0 Å². The number of nitrogens with zero attached hydrogens (tertiary/aromatic N) is 1. The fourth-order valence-corrected chi connectivity index (χ4v) is 4.14. The van der Waals surface area contributed by atoms with Crippen LogP contribution in [0.15, 0.2) is 48.5 Å². The van der Waals surface area contributed by atoms with Crippen LogP contribution in [-0.2, 0) is 9.59 Å². The summed E-state index contributed by atoms with van der Waals surface area (Å²) in [6.07, 6.45) is 0.307. The first-order valence-electron chi connectivity index (χ1n) is 9.29. The molecule has 1 heterocycles. The van der Waals surface area contributed by atoms with Crippen molar-refractivity contribution in [1.82, 2.24) is 4.90 Å². The molecule has 2 aromatic carbocycles. The number of hydrogen-bond donors (Lipinski definition) is 0. The Balaban J connectivity index is 2.15. The average molecular weight is 384 g/mol. The van der Waals surface area contributed by atoms with Gasteiger partial charge in [0.25, 0.3) is 0 Å². The van der Waals surface area contributed by atoms with Gasteiger partial charge in [0.2, 0.25) is 5.91 Å². The predicted molar refractivity (Wildman–Crippen MR) is 109 cm³/mol. The lowest BCUT2D eigenvalue weighted by molar-refractivity contribution is -0.151. The van der Waals surface area contributed by atoms with Crippen molar-refractivity contribution in [3.8, 4) is 0 Å². The van der Waals surface area contributed by atoms with E-state index in [2.05, 4.69) is 0 Å². The molecule has 1 amide bonds. The third kappa shape index (κ3) is 3.66. The Bertz CT molecular complexity index is 840. The highest BCUT2D eigenvalue weighted by atomic mass is 35.5. The molecule has 4 heteroatoms. The maximum Gasteiger partial charge on any atom is 0.238 e. The number of rotatable bonds is 3. The number of ketones is 1. The Morgan fingerprint density at radius 1 is 1.00 bits per heavy atom. The standard InChI is InChI=1S/C23H26ClNO2/c1-15-5-9-17(10-6-15)19-13-20(26)23(3,4)22(25(19)21(27)14-24)18-11-7-16(2)8-12-18/h5-12,19,22H,13-14H2,1-4H3/t19-,22-/m0/s1. The largest absolute Gasteiger partial charge is 0.326 e. The number of halogens is 1. The van der Waals surface area contributed by atoms with Gasteiger partial charge in [0.05, 0.1) is 12.1 Å². The Morgan fingerprint density at radius 3 is 1.96 bits per heavy atom. The van der Waals surface area contributed by atoms with Gasteiger partial charge in [-0.3, -0.25) is 9.59 Å². The molecule has 27 heavy (non-hydrogen) atoms. The first-order chi connectivity index (χ1) is 12.8. The molecule has 0 unspecified atom stereocenters. The van der Waals surface area contributed by atoms with E-state index in [9.17, 15) is 9.59 Å². The maximum absolute atomic E-state index is 13.1. The molecule has 1 saturated heterocycles. The number of Topliss-reactive ketones (excluding diaryl/α,β-unsaturated/α-hetero) is 1. The van der Waals surface area contributed by atoms with E-state index in [-0.39, 0.29) is 29.7 Å². The highest BCUT2D eigenvalue weighted by Crippen LogP contribution is 2.49. The van der Waals surface area contributed by atoms with Gasteiger partial charge in [-0.15, -0.1) is 11.6 Å². The summed E-state index contributed by atoms with van der Waals surface area (Å²) in [5.74, 6) is -0.0831. The van der Waals surface area contributed by atoms with Crippen molar-refractivity contribution in [3.63, 3.8) is 0 Å². The highest BCUT2D eigenvalue weighted by Gasteiger charge is 2.50. The molecular weight excluding hydrogens is 358 g/mol. The first-order valence-corrected chi connectivity index (χ1v) is 9.82. The number of amides is 1. The molecule has 0 bridgehead atoms. The smallest absolute Gasteiger partial charge is 0.238 e. The molecule has 0 aromatic heterocycles. The van der Waals surface area contributed by atoms with Crippen LogP contribution >= 0.6 is 11.6 Å². The molecule has 3 nitrogen and oxygen atoms in total. The summed E-state index contributed by atoms with van der Waals surface area (Å²) in [4.78, 5) is 27.9. The second kappa shape index (κ2) is 7.47. The van der Waals surface area contributed by atoms with Gasteiger partial charge in [-0.25, -0.2) is 0 Å². The predicted octanol–water partition coefficient (Wildman–Crippen LogP) is 5.15. The summed E-state index contributed by atoms with van der Waals surface area (Å²) in [5, 5.41) is 0. The van der Waals surface area contributed by atoms with Crippen molar-refractivity contribution in [2.45, 2.75) is 46.2 Å². The molecule has 0 N–H and O–H groups in total. The molecule has 142 valence electrons. The maximum atomic E-state index is 13.1. The lowest BCUT2D eigenvalue weighted by Crippen LogP contribution is -2.52. The number of hydrogen-bond acceptors (Lipinski definition) is 2. The lowest BCUT2D eigenvalue weighted by Gasteiger charge is -2.50. The summed E-state index contributed by atoms with van der Waals surface area (Å²) >= 11 is 5.99. The van der Waals surface area contributed by atoms with Gasteiger partial charge in [0.1, 0.15) is 11.7 Å². The zero-order valence-corrected chi connectivity index (χ0v) is 17.1. The monoisotopic (exact) mass is 383 g/mol. The number of piperidine rings is 1. The van der Waals surface area contributed by atoms with Gasteiger partial charge in [-0.1, -0.05) is 73.5 Å². The molecule has 0 spiro atoms. The van der Waals surface area contributed by atoms with Crippen LogP contribution in [0.4, 0.5) is 0 Å². The van der Waals surface area contributed by atoms with Crippen molar-refractivity contribution in [1.29, 1.82) is 0 Å². The zero-order valence-electron chi connectivity index (χ0n) is 16.3. The van der Waals surface area contributed by atoms with Gasteiger partial charge in [-0.2, -0.15) is 0 Å². The van der Waals surface area contributed by atoms with Crippen molar-refractivity contribution in [2.75, 3.05) is 5.88 Å². The van der Waals surface area contributed by atoms with E-state index < -0.39 is 5.41 Å². The van der Waals surface area contributed by atoms with E-state index >= 15 is 0 Å². The summed E-state index contributed by atoms with van der Waals surface area (Å²) < 4.78 is 0. The first kappa shape index (κ1) is 19.6. The lowest BCUT2D eigenvalue weighted by atomic mass is 9.69. The number of alkyl halides is 1. The van der Waals surface area contributed by atoms with Crippen LogP contribution in [0.2, 0.25) is 0 Å². The molecule has 1 fully saturated rings. The van der Waals surface area contributed by atoms with Gasteiger partial charge < -0.3 is 4.90 Å². The molecular formula is C23H26ClNO2. The fraction of sp³-hybridized carbons (Fsp3) is 0.391. The summed E-state index contributed by atoms with van der Waals surface area (Å²) in [6, 6.07) is 15.5. The van der Waals surface area contributed by atoms with E-state index in [1.54, 1.807) is 0 Å². The summed E-state index contributed by atoms with van der Waals surface area (Å²) in [6.45, 7) is 7.91. The number of benzene rings is 2. The Labute approximate surface area is 166 Å². The number of likely N-dealkylation sites (tertiary alicyclic amines) is 1. The molecule has 0 saturated carbocycles. The minimum atomic E-state index is -0.682. The van der Waals surface area contributed by atoms with Crippen molar-refractivity contribution in [2.24, 2.45) is 5.41 Å². The van der Waals surface area contributed by atoms with E-state index in [1.165, 1.54) is 0 Å². The minimum absolute atomic E-state index is 0.102. The SMILES string of the molecule is Cc1ccc([C@@H]2N(C(=O)CCl)[C@H](c3ccc(C)cc3)CC(=O)C2(C)C)cc1. The van der Waals surface area contributed by atoms with Gasteiger partial charge >= 0.3 is 0 Å². The number of carbonyl (C=O) groups is 2. The molecule has 0 aliphatic carbocycles. The van der Waals surface area contributed by atoms with Crippen LogP contribution in [0.3, 0.4) is 0 Å². The van der Waals surface area contributed by atoms with E-state index in [0.29, 0.717) is 6.42 Å². The molecule has 2 atom stereocenters. The third-order valence-corrected chi connectivity index (χ3v) is 5.88. The molecule has 3 rings (SSSR count). The van der Waals surface area contributed by atoms with Crippen LogP contribution in [0, 0.1) is 19.3 Å². The second-order valence-corrected chi connectivity index (χ2v) is 8.29. The number of aryl methyl sites for hydroxylation is 2. The average Bonchev–Trinajstić information content (AvgIpc) is 2.64. The van der Waals surface area contributed by atoms with E-state index in [0.717, 1.165) is 22.3 Å². The topological polar surface area (TPSA) is 37.4 Å². The minimum Gasteiger partial charge on any atom is -0.326 e. The van der Waals surface area contributed by atoms with Crippen LogP contribution < -0.4 is 0 Å². The van der Waals surface area contributed by atoms with Crippen LogP contribution in [0.5, 0.6) is 0 Å². The van der Waals surface area contributed by atoms with Crippen molar-refractivity contribution < 1.29 is 9.59 Å². The Kier molecular flexibility index (Phi) is 5.43. The normalized spacial score (nSPS) is 22.0. The van der Waals surface area contributed by atoms with Gasteiger partial charge in [-0.05, 0) is 25.0 Å². The Hall–Kier alpha value is -2.13. The highest BCUT2D eigenvalue weighted by molar-refractivity contribution is 6.27. The fourth-order valence-electron chi connectivity index (χ4n) is 4.00. The van der Waals surface area contributed by atoms with E-state index in [1.807, 2.05) is 81.1 Å². The number of carbonyl (C=O) groups excluding carboxylic acids is 2. The molecule has 2 aromatic rings. The Morgan fingerprint density at radius 2 is 1.48 bits per heavy atom. The summed E-state index contributed by atoms with van der Waals surface area (Å²) in [5.41, 5.74) is 3.54. The van der Waals surface area contributed by atoms with Crippen LogP contribution in [-0.4, -0.2) is 22.5 Å². The quantitative estimate of drug-likeness (QED) is 0.687. The second-order valence-electron chi connectivity index (χ2n) is 8.02. The van der Waals surface area contributed by atoms with Crippen LogP contribution in [0.1, 0.15) is 54.6 Å². The zero-order chi connectivity index (χ0) is 19.8. The summed E-state index contributed by atoms with van der Waals surface area (Å²) in [7, 11) is 0. The van der Waals surface area contributed by atoms with Gasteiger partial charge in [0.15, 0.2) is 0 Å². The van der Waals surface area contributed by atoms with Gasteiger partial charge in [0, 0.05) is 11.8 Å². The van der Waals surface area contributed by atoms with Crippen molar-refractivity contribution in [3.05, 3.63) is 70.8 Å². The van der Waals surface area contributed by atoms with E-state index in [4.69, 9.17) is 11.6 Å². The molecule has 0 radical (unpaired) electrons. The molecule has 1 aliphatic heterocycles. The third-order valence-electron chi connectivity index (χ3n) is 5.65. The van der Waals surface area contributed by atoms with Crippen molar-refractivity contribution >= 4 is 23.3 Å².